The smallest absolute Gasteiger partial charge is 0.388 e. The summed E-state index contributed by atoms with van der Waals surface area (Å²) in [5.74, 6) is -1.01. The van der Waals surface area contributed by atoms with Crippen LogP contribution in [0, 0.1) is 5.92 Å². The highest BCUT2D eigenvalue weighted by Crippen LogP contribution is 2.08. The zero-order valence-corrected chi connectivity index (χ0v) is 18.2. The highest BCUT2D eigenvalue weighted by atomic mass is 16.6. The van der Waals surface area contributed by atoms with E-state index in [9.17, 15) is 14.4 Å². The summed E-state index contributed by atoms with van der Waals surface area (Å²) >= 11 is 0. The van der Waals surface area contributed by atoms with Gasteiger partial charge in [0.15, 0.2) is 12.4 Å². The monoisotopic (exact) mass is 427 g/mol. The van der Waals surface area contributed by atoms with Crippen molar-refractivity contribution in [1.29, 1.82) is 0 Å². The molecule has 0 fully saturated rings. The lowest BCUT2D eigenvalue weighted by atomic mass is 9.98. The highest BCUT2D eigenvalue weighted by molar-refractivity contribution is 5.97. The Morgan fingerprint density at radius 1 is 1.03 bits per heavy atom. The number of benzene rings is 1. The van der Waals surface area contributed by atoms with E-state index in [0.717, 1.165) is 5.56 Å². The van der Waals surface area contributed by atoms with E-state index in [0.29, 0.717) is 18.4 Å². The van der Waals surface area contributed by atoms with E-state index in [4.69, 9.17) is 10.5 Å². The lowest BCUT2D eigenvalue weighted by Crippen LogP contribution is -2.48. The van der Waals surface area contributed by atoms with Crippen LogP contribution < -0.4 is 20.9 Å². The van der Waals surface area contributed by atoms with Gasteiger partial charge >= 0.3 is 6.09 Å². The maximum Gasteiger partial charge on any atom is 0.412 e. The van der Waals surface area contributed by atoms with E-state index in [1.807, 2.05) is 51.1 Å². The maximum atomic E-state index is 12.4. The Hall–Kier alpha value is -3.42. The average Bonchev–Trinajstić information content (AvgIpc) is 2.76. The Labute approximate surface area is 182 Å². The second kappa shape index (κ2) is 11.7. The van der Waals surface area contributed by atoms with Crippen molar-refractivity contribution in [2.45, 2.75) is 52.4 Å². The fourth-order valence-electron chi connectivity index (χ4n) is 3.04. The van der Waals surface area contributed by atoms with Crippen molar-refractivity contribution in [2.75, 3.05) is 0 Å². The minimum absolute atomic E-state index is 0.00255. The number of nitrogens with one attached hydrogen (secondary N) is 2. The maximum absolute atomic E-state index is 12.4. The SMILES string of the molecule is CC[C@H](C)[C@H](NC(=O)c1cc[n+](COC(=O)N[C@@H](C)Cc2ccccc2)cc1)C(N)=O. The fourth-order valence-corrected chi connectivity index (χ4v) is 3.04. The molecule has 0 unspecified atom stereocenters. The van der Waals surface area contributed by atoms with E-state index in [-0.39, 0.29) is 24.6 Å². The lowest BCUT2D eigenvalue weighted by Gasteiger charge is -2.20. The van der Waals surface area contributed by atoms with E-state index >= 15 is 0 Å². The van der Waals surface area contributed by atoms with Crippen LogP contribution in [-0.4, -0.2) is 30.0 Å². The first kappa shape index (κ1) is 23.9. The van der Waals surface area contributed by atoms with Gasteiger partial charge in [0.2, 0.25) is 5.91 Å². The van der Waals surface area contributed by atoms with Crippen molar-refractivity contribution >= 4 is 17.9 Å². The number of hydrogen-bond acceptors (Lipinski definition) is 4. The van der Waals surface area contributed by atoms with Gasteiger partial charge in [0.25, 0.3) is 12.6 Å². The molecule has 8 nitrogen and oxygen atoms in total. The summed E-state index contributed by atoms with van der Waals surface area (Å²) in [6.07, 6.45) is 4.15. The molecule has 166 valence electrons. The summed E-state index contributed by atoms with van der Waals surface area (Å²) < 4.78 is 6.85. The van der Waals surface area contributed by atoms with Crippen LogP contribution in [0.5, 0.6) is 0 Å². The van der Waals surface area contributed by atoms with Gasteiger partial charge in [-0.2, -0.15) is 4.57 Å². The number of primary amides is 1. The van der Waals surface area contributed by atoms with Crippen LogP contribution >= 0.6 is 0 Å². The first-order valence-corrected chi connectivity index (χ1v) is 10.4. The molecule has 4 N–H and O–H groups in total. The number of ether oxygens (including phenoxy) is 1. The molecular formula is C23H31N4O4+. The van der Waals surface area contributed by atoms with Gasteiger partial charge in [0.05, 0.1) is 5.56 Å². The number of rotatable bonds is 10. The van der Waals surface area contributed by atoms with Gasteiger partial charge in [-0.1, -0.05) is 50.6 Å². The molecule has 0 radical (unpaired) electrons. The lowest BCUT2D eigenvalue weighted by molar-refractivity contribution is -0.727. The van der Waals surface area contributed by atoms with Gasteiger partial charge in [-0.3, -0.25) is 9.59 Å². The molecule has 0 aliphatic carbocycles. The molecule has 0 aliphatic rings. The Kier molecular flexibility index (Phi) is 8.99. The second-order valence-corrected chi connectivity index (χ2v) is 7.64. The zero-order valence-electron chi connectivity index (χ0n) is 18.2. The van der Waals surface area contributed by atoms with E-state index in [2.05, 4.69) is 10.6 Å². The van der Waals surface area contributed by atoms with Crippen molar-refractivity contribution < 1.29 is 23.7 Å². The summed E-state index contributed by atoms with van der Waals surface area (Å²) in [5.41, 5.74) is 6.91. The number of pyridine rings is 1. The third-order valence-corrected chi connectivity index (χ3v) is 5.05. The third kappa shape index (κ3) is 7.73. The fraction of sp³-hybridized carbons (Fsp3) is 0.391. The molecule has 0 saturated heterocycles. The minimum Gasteiger partial charge on any atom is -0.388 e. The number of nitrogens with two attached hydrogens (primary N) is 1. The van der Waals surface area contributed by atoms with Crippen molar-refractivity contribution in [3.05, 3.63) is 66.0 Å². The molecule has 8 heteroatoms. The Balaban J connectivity index is 1.82. The second-order valence-electron chi connectivity index (χ2n) is 7.64. The Bertz CT molecular complexity index is 871. The normalized spacial score (nSPS) is 13.5. The summed E-state index contributed by atoms with van der Waals surface area (Å²) in [6, 6.07) is 12.2. The molecule has 0 aliphatic heterocycles. The van der Waals surface area contributed by atoms with Gasteiger partial charge in [-0.05, 0) is 24.8 Å². The number of carbonyl (C=O) groups is 3. The van der Waals surface area contributed by atoms with E-state index in [1.165, 1.54) is 0 Å². The predicted octanol–water partition coefficient (Wildman–Crippen LogP) is 1.92. The van der Waals surface area contributed by atoms with Gasteiger partial charge in [-0.25, -0.2) is 4.79 Å². The third-order valence-electron chi connectivity index (χ3n) is 5.05. The number of alkyl carbamates (subject to hydrolysis) is 1. The van der Waals surface area contributed by atoms with Crippen LogP contribution in [0.15, 0.2) is 54.9 Å². The van der Waals surface area contributed by atoms with Crippen molar-refractivity contribution in [3.8, 4) is 0 Å². The molecule has 31 heavy (non-hydrogen) atoms. The molecule has 3 amide bonds. The van der Waals surface area contributed by atoms with Crippen LogP contribution in [0.2, 0.25) is 0 Å². The summed E-state index contributed by atoms with van der Waals surface area (Å²) in [4.78, 5) is 36.0. The number of carbonyl (C=O) groups excluding carboxylic acids is 3. The minimum atomic E-state index is -0.727. The van der Waals surface area contributed by atoms with Crippen LogP contribution in [0.3, 0.4) is 0 Å². The Morgan fingerprint density at radius 3 is 2.26 bits per heavy atom. The average molecular weight is 428 g/mol. The van der Waals surface area contributed by atoms with E-state index in [1.54, 1.807) is 29.1 Å². The van der Waals surface area contributed by atoms with Crippen molar-refractivity contribution in [3.63, 3.8) is 0 Å². The van der Waals surface area contributed by atoms with Gasteiger partial charge in [-0.15, -0.1) is 0 Å². The quantitative estimate of drug-likeness (QED) is 0.503. The number of hydrogen-bond donors (Lipinski definition) is 3. The molecule has 0 saturated carbocycles. The number of amides is 3. The van der Waals surface area contributed by atoms with Gasteiger partial charge in [0.1, 0.15) is 6.04 Å². The van der Waals surface area contributed by atoms with Crippen molar-refractivity contribution in [1.82, 2.24) is 10.6 Å². The molecule has 1 aromatic heterocycles. The molecule has 2 aromatic rings. The zero-order chi connectivity index (χ0) is 22.8. The van der Waals surface area contributed by atoms with Crippen LogP contribution in [0.1, 0.15) is 43.1 Å². The predicted molar refractivity (Wildman–Crippen MR) is 116 cm³/mol. The molecule has 2 rings (SSSR count). The number of nitrogens with zero attached hydrogens (tertiary/aromatic N) is 1. The Morgan fingerprint density at radius 2 is 1.68 bits per heavy atom. The first-order chi connectivity index (χ1) is 14.8. The summed E-state index contributed by atoms with van der Waals surface area (Å²) in [7, 11) is 0. The van der Waals surface area contributed by atoms with Gasteiger partial charge in [0, 0.05) is 18.2 Å². The molecule has 0 bridgehead atoms. The van der Waals surface area contributed by atoms with Crippen LogP contribution in [-0.2, 0) is 22.7 Å². The summed E-state index contributed by atoms with van der Waals surface area (Å²) in [5, 5.41) is 5.47. The van der Waals surface area contributed by atoms with Crippen molar-refractivity contribution in [2.24, 2.45) is 11.7 Å². The summed E-state index contributed by atoms with van der Waals surface area (Å²) in [6.45, 7) is 5.70. The molecular weight excluding hydrogens is 396 g/mol. The molecule has 1 aromatic carbocycles. The highest BCUT2D eigenvalue weighted by Gasteiger charge is 2.24. The molecule has 3 atom stereocenters. The first-order valence-electron chi connectivity index (χ1n) is 10.4. The molecule has 1 heterocycles. The van der Waals surface area contributed by atoms with E-state index < -0.39 is 18.0 Å². The topological polar surface area (TPSA) is 114 Å². The largest absolute Gasteiger partial charge is 0.412 e. The standard InChI is InChI=1S/C23H30N4O4/c1-4-16(2)20(21(24)28)26-22(29)19-10-12-27(13-11-19)15-31-23(30)25-17(3)14-18-8-6-5-7-9-18/h5-13,16-17,20H,4,14-15H2,1-3H3,(H3-,24,25,26,28,29,30)/p+1/t16-,17-,20-/m0/s1. The number of aromatic nitrogens is 1. The van der Waals surface area contributed by atoms with Crippen LogP contribution in [0.4, 0.5) is 4.79 Å². The van der Waals surface area contributed by atoms with Crippen LogP contribution in [0.25, 0.3) is 0 Å². The van der Waals surface area contributed by atoms with Gasteiger partial charge < -0.3 is 21.1 Å². The molecule has 0 spiro atoms.